The lowest BCUT2D eigenvalue weighted by atomic mass is 9.95. The molecule has 0 aliphatic heterocycles. The van der Waals surface area contributed by atoms with Gasteiger partial charge in [-0.05, 0) is 26.2 Å². The van der Waals surface area contributed by atoms with E-state index in [9.17, 15) is 14.7 Å². The van der Waals surface area contributed by atoms with E-state index in [1.54, 1.807) is 13.0 Å². The van der Waals surface area contributed by atoms with E-state index in [1.165, 1.54) is 0 Å². The van der Waals surface area contributed by atoms with Crippen LogP contribution in [-0.2, 0) is 9.59 Å². The van der Waals surface area contributed by atoms with Crippen molar-refractivity contribution in [2.45, 2.75) is 57.0 Å². The van der Waals surface area contributed by atoms with Crippen molar-refractivity contribution in [2.24, 2.45) is 5.92 Å². The van der Waals surface area contributed by atoms with Gasteiger partial charge >= 0.3 is 0 Å². The van der Waals surface area contributed by atoms with E-state index in [2.05, 4.69) is 17.2 Å². The largest absolute Gasteiger partial charge is 0.394 e. The average Bonchev–Trinajstić information content (AvgIpc) is 2.95. The van der Waals surface area contributed by atoms with E-state index in [0.717, 1.165) is 25.7 Å². The quantitative estimate of drug-likeness (QED) is 0.466. The molecule has 0 aromatic heterocycles. The van der Waals surface area contributed by atoms with Crippen LogP contribution >= 0.6 is 0 Å². The molecule has 0 aromatic rings. The Hall–Kier alpha value is -1.40. The highest BCUT2D eigenvalue weighted by molar-refractivity contribution is 5.86. The number of aliphatic hydroxyl groups is 2. The number of hydrogen-bond donors (Lipinski definition) is 4. The molecule has 6 heteroatoms. The van der Waals surface area contributed by atoms with Gasteiger partial charge in [-0.15, -0.1) is 6.58 Å². The zero-order chi connectivity index (χ0) is 16.6. The van der Waals surface area contributed by atoms with Crippen LogP contribution in [0.5, 0.6) is 0 Å². The van der Waals surface area contributed by atoms with Crippen LogP contribution in [0.25, 0.3) is 0 Å². The number of carbonyl (C=O) groups is 2. The van der Waals surface area contributed by atoms with Crippen LogP contribution in [0.1, 0.15) is 45.4 Å². The lowest BCUT2D eigenvalue weighted by Crippen LogP contribution is -2.50. The van der Waals surface area contributed by atoms with Crippen LogP contribution in [0, 0.1) is 5.92 Å². The van der Waals surface area contributed by atoms with Crippen molar-refractivity contribution in [3.05, 3.63) is 12.7 Å². The molecule has 0 heterocycles. The third kappa shape index (κ3) is 5.42. The summed E-state index contributed by atoms with van der Waals surface area (Å²) < 4.78 is 0. The van der Waals surface area contributed by atoms with Crippen molar-refractivity contribution in [3.8, 4) is 0 Å². The van der Waals surface area contributed by atoms with Crippen LogP contribution in [0.15, 0.2) is 12.7 Å². The SMILES string of the molecule is C=CC[C@H](CC(=O)NC1(CO)CCCC1)C(=O)N[C@@H](C)CO. The highest BCUT2D eigenvalue weighted by Crippen LogP contribution is 2.29. The molecule has 1 fully saturated rings. The molecule has 126 valence electrons. The number of carbonyl (C=O) groups excluding carboxylic acids is 2. The Labute approximate surface area is 132 Å². The van der Waals surface area contributed by atoms with Crippen LogP contribution in [-0.4, -0.2) is 46.8 Å². The van der Waals surface area contributed by atoms with E-state index >= 15 is 0 Å². The normalized spacial score (nSPS) is 19.2. The third-order valence-corrected chi connectivity index (χ3v) is 4.18. The van der Waals surface area contributed by atoms with Gasteiger partial charge in [0.15, 0.2) is 0 Å². The zero-order valence-corrected chi connectivity index (χ0v) is 13.3. The Morgan fingerprint density at radius 2 is 1.95 bits per heavy atom. The molecule has 4 N–H and O–H groups in total. The minimum absolute atomic E-state index is 0.0533. The van der Waals surface area contributed by atoms with E-state index in [1.807, 2.05) is 0 Å². The molecule has 0 bridgehead atoms. The first-order chi connectivity index (χ1) is 10.5. The summed E-state index contributed by atoms with van der Waals surface area (Å²) in [6, 6.07) is -0.346. The third-order valence-electron chi connectivity index (χ3n) is 4.18. The minimum Gasteiger partial charge on any atom is -0.394 e. The van der Waals surface area contributed by atoms with Gasteiger partial charge in [-0.1, -0.05) is 18.9 Å². The summed E-state index contributed by atoms with van der Waals surface area (Å²) in [6.45, 7) is 5.10. The number of amides is 2. The van der Waals surface area contributed by atoms with Gasteiger partial charge in [0.05, 0.1) is 24.7 Å². The molecular weight excluding hydrogens is 284 g/mol. The fourth-order valence-corrected chi connectivity index (χ4v) is 2.84. The summed E-state index contributed by atoms with van der Waals surface area (Å²) in [6.07, 6.45) is 5.58. The maximum absolute atomic E-state index is 12.2. The molecule has 0 radical (unpaired) electrons. The van der Waals surface area contributed by atoms with Crippen LogP contribution < -0.4 is 10.6 Å². The monoisotopic (exact) mass is 312 g/mol. The number of allylic oxidation sites excluding steroid dienone is 1. The molecule has 1 aliphatic rings. The lowest BCUT2D eigenvalue weighted by Gasteiger charge is -2.29. The van der Waals surface area contributed by atoms with Crippen molar-refractivity contribution in [3.63, 3.8) is 0 Å². The Morgan fingerprint density at radius 1 is 1.32 bits per heavy atom. The van der Waals surface area contributed by atoms with Gasteiger partial charge < -0.3 is 20.8 Å². The molecule has 0 spiro atoms. The first-order valence-electron chi connectivity index (χ1n) is 7.90. The zero-order valence-electron chi connectivity index (χ0n) is 13.3. The van der Waals surface area contributed by atoms with Gasteiger partial charge in [-0.25, -0.2) is 0 Å². The van der Waals surface area contributed by atoms with E-state index < -0.39 is 11.5 Å². The predicted octanol–water partition coefficient (Wildman–Crippen LogP) is 0.487. The maximum Gasteiger partial charge on any atom is 0.224 e. The van der Waals surface area contributed by atoms with E-state index in [4.69, 9.17) is 5.11 Å². The number of hydrogen-bond acceptors (Lipinski definition) is 4. The molecule has 2 atom stereocenters. The molecule has 6 nitrogen and oxygen atoms in total. The average molecular weight is 312 g/mol. The second-order valence-electron chi connectivity index (χ2n) is 6.21. The summed E-state index contributed by atoms with van der Waals surface area (Å²) in [5.74, 6) is -1.00. The molecule has 1 rings (SSSR count). The Bertz CT molecular complexity index is 392. The van der Waals surface area contributed by atoms with Crippen LogP contribution in [0.4, 0.5) is 0 Å². The van der Waals surface area contributed by atoms with Crippen molar-refractivity contribution >= 4 is 11.8 Å². The van der Waals surface area contributed by atoms with E-state index in [0.29, 0.717) is 6.42 Å². The standard InChI is InChI=1S/C16H28N2O4/c1-3-6-13(15(22)17-12(2)10-19)9-14(21)18-16(11-20)7-4-5-8-16/h3,12-13,19-20H,1,4-11H2,2H3,(H,17,22)(H,18,21)/t12-,13+/m0/s1. The Kier molecular flexibility index (Phi) is 7.55. The van der Waals surface area contributed by atoms with Crippen LogP contribution in [0.2, 0.25) is 0 Å². The summed E-state index contributed by atoms with van der Waals surface area (Å²) in [4.78, 5) is 24.3. The minimum atomic E-state index is -0.523. The Morgan fingerprint density at radius 3 is 2.45 bits per heavy atom. The Balaban J connectivity index is 2.59. The summed E-state index contributed by atoms with van der Waals surface area (Å²) in [5, 5.41) is 24.1. The molecule has 0 aromatic carbocycles. The topological polar surface area (TPSA) is 98.7 Å². The predicted molar refractivity (Wildman–Crippen MR) is 84.0 cm³/mol. The number of aliphatic hydroxyl groups excluding tert-OH is 2. The smallest absolute Gasteiger partial charge is 0.224 e. The fraction of sp³-hybridized carbons (Fsp3) is 0.750. The number of rotatable bonds is 9. The van der Waals surface area contributed by atoms with Crippen molar-refractivity contribution in [2.75, 3.05) is 13.2 Å². The van der Waals surface area contributed by atoms with Crippen molar-refractivity contribution in [1.29, 1.82) is 0 Å². The van der Waals surface area contributed by atoms with Gasteiger partial charge in [0.1, 0.15) is 0 Å². The first kappa shape index (κ1) is 18.6. The fourth-order valence-electron chi connectivity index (χ4n) is 2.84. The second kappa shape index (κ2) is 8.90. The molecule has 2 amide bonds. The van der Waals surface area contributed by atoms with Gasteiger partial charge in [0, 0.05) is 12.5 Å². The molecule has 1 saturated carbocycles. The van der Waals surface area contributed by atoms with Crippen molar-refractivity contribution in [1.82, 2.24) is 10.6 Å². The van der Waals surface area contributed by atoms with Gasteiger partial charge in [-0.3, -0.25) is 9.59 Å². The molecule has 1 aliphatic carbocycles. The summed E-state index contributed by atoms with van der Waals surface area (Å²) in [7, 11) is 0. The second-order valence-corrected chi connectivity index (χ2v) is 6.21. The molecular formula is C16H28N2O4. The molecule has 0 unspecified atom stereocenters. The lowest BCUT2D eigenvalue weighted by molar-refractivity contribution is -0.131. The van der Waals surface area contributed by atoms with Crippen molar-refractivity contribution < 1.29 is 19.8 Å². The maximum atomic E-state index is 12.2. The first-order valence-corrected chi connectivity index (χ1v) is 7.90. The molecule has 0 saturated heterocycles. The highest BCUT2D eigenvalue weighted by Gasteiger charge is 2.35. The summed E-state index contributed by atoms with van der Waals surface area (Å²) >= 11 is 0. The van der Waals surface area contributed by atoms with Gasteiger partial charge in [0.2, 0.25) is 11.8 Å². The van der Waals surface area contributed by atoms with E-state index in [-0.39, 0.29) is 37.5 Å². The highest BCUT2D eigenvalue weighted by atomic mass is 16.3. The number of nitrogens with one attached hydrogen (secondary N) is 2. The summed E-state index contributed by atoms with van der Waals surface area (Å²) in [5.41, 5.74) is -0.523. The van der Waals surface area contributed by atoms with Gasteiger partial charge in [0.25, 0.3) is 0 Å². The van der Waals surface area contributed by atoms with Crippen LogP contribution in [0.3, 0.4) is 0 Å². The van der Waals surface area contributed by atoms with Gasteiger partial charge in [-0.2, -0.15) is 0 Å². The molecule has 22 heavy (non-hydrogen) atoms.